The molecule has 0 spiro atoms. The summed E-state index contributed by atoms with van der Waals surface area (Å²) in [6, 6.07) is 11.2. The predicted octanol–water partition coefficient (Wildman–Crippen LogP) is 4.97. The maximum absolute atomic E-state index is 12.8. The van der Waals surface area contributed by atoms with Crippen molar-refractivity contribution in [1.82, 2.24) is 0 Å². The van der Waals surface area contributed by atoms with Crippen LogP contribution in [0.2, 0.25) is 0 Å². The normalized spacial score (nSPS) is 10.7. The summed E-state index contributed by atoms with van der Waals surface area (Å²) >= 11 is 3.43. The fourth-order valence-corrected chi connectivity index (χ4v) is 2.34. The summed E-state index contributed by atoms with van der Waals surface area (Å²) in [7, 11) is 0. The molecule has 0 heterocycles. The van der Waals surface area contributed by atoms with E-state index >= 15 is 0 Å². The molecular formula is C17H16BrFO2. The molecule has 0 saturated heterocycles. The Labute approximate surface area is 132 Å². The zero-order chi connectivity index (χ0) is 15.4. The Morgan fingerprint density at radius 2 is 1.86 bits per heavy atom. The van der Waals surface area contributed by atoms with Crippen LogP contribution < -0.4 is 4.74 Å². The minimum Gasteiger partial charge on any atom is -0.485 e. The van der Waals surface area contributed by atoms with E-state index < -0.39 is 0 Å². The molecule has 4 heteroatoms. The number of benzene rings is 2. The van der Waals surface area contributed by atoms with Gasteiger partial charge in [0.1, 0.15) is 11.6 Å². The molecule has 110 valence electrons. The first kappa shape index (κ1) is 15.7. The first-order valence-corrected chi connectivity index (χ1v) is 7.47. The number of carbonyl (C=O) groups is 1. The minimum absolute atomic E-state index is 0.0625. The van der Waals surface area contributed by atoms with Gasteiger partial charge in [-0.15, -0.1) is 0 Å². The van der Waals surface area contributed by atoms with Gasteiger partial charge in [0.2, 0.25) is 0 Å². The summed E-state index contributed by atoms with van der Waals surface area (Å²) in [5.74, 6) is 0.456. The molecule has 0 aliphatic rings. The van der Waals surface area contributed by atoms with E-state index in [4.69, 9.17) is 4.74 Å². The molecule has 0 aliphatic heterocycles. The first-order valence-electron chi connectivity index (χ1n) is 6.68. The molecule has 0 aromatic heterocycles. The summed E-state index contributed by atoms with van der Waals surface area (Å²) < 4.78 is 19.4. The molecule has 0 radical (unpaired) electrons. The first-order chi connectivity index (χ1) is 9.97. The van der Waals surface area contributed by atoms with Gasteiger partial charge in [-0.05, 0) is 53.9 Å². The predicted molar refractivity (Wildman–Crippen MR) is 84.5 cm³/mol. The molecule has 2 rings (SSSR count). The molecule has 2 nitrogen and oxygen atoms in total. The van der Waals surface area contributed by atoms with Gasteiger partial charge in [0.25, 0.3) is 0 Å². The Hall–Kier alpha value is -1.68. The summed E-state index contributed by atoms with van der Waals surface area (Å²) in [5.41, 5.74) is 1.48. The van der Waals surface area contributed by atoms with Crippen molar-refractivity contribution >= 4 is 21.7 Å². The van der Waals surface area contributed by atoms with Crippen LogP contribution in [0.5, 0.6) is 5.75 Å². The van der Waals surface area contributed by atoms with E-state index in [1.54, 1.807) is 0 Å². The molecule has 2 aromatic rings. The van der Waals surface area contributed by atoms with Gasteiger partial charge in [0.05, 0.1) is 0 Å². The Morgan fingerprint density at radius 3 is 2.48 bits per heavy atom. The van der Waals surface area contributed by atoms with Crippen molar-refractivity contribution < 1.29 is 13.9 Å². The van der Waals surface area contributed by atoms with Gasteiger partial charge in [-0.25, -0.2) is 4.39 Å². The van der Waals surface area contributed by atoms with Crippen molar-refractivity contribution in [3.05, 3.63) is 63.9 Å². The summed E-state index contributed by atoms with van der Waals surface area (Å²) in [6.45, 7) is 4.07. The van der Waals surface area contributed by atoms with Gasteiger partial charge < -0.3 is 4.74 Å². The van der Waals surface area contributed by atoms with Crippen molar-refractivity contribution in [3.63, 3.8) is 0 Å². The number of hydrogen-bond acceptors (Lipinski definition) is 2. The summed E-state index contributed by atoms with van der Waals surface area (Å²) in [5, 5.41) is 0. The second-order valence-electron chi connectivity index (χ2n) is 5.06. The molecule has 0 amide bonds. The van der Waals surface area contributed by atoms with E-state index in [0.29, 0.717) is 17.2 Å². The lowest BCUT2D eigenvalue weighted by Gasteiger charge is -2.14. The van der Waals surface area contributed by atoms with Crippen molar-refractivity contribution in [2.75, 3.05) is 6.61 Å². The van der Waals surface area contributed by atoms with E-state index in [-0.39, 0.29) is 18.2 Å². The van der Waals surface area contributed by atoms with Crippen LogP contribution in [0.15, 0.2) is 46.9 Å². The van der Waals surface area contributed by atoms with Crippen LogP contribution in [0.3, 0.4) is 0 Å². The largest absolute Gasteiger partial charge is 0.485 e. The highest BCUT2D eigenvalue weighted by Gasteiger charge is 2.12. The molecule has 0 N–H and O–H groups in total. The maximum atomic E-state index is 12.8. The molecule has 0 bridgehead atoms. The van der Waals surface area contributed by atoms with E-state index in [9.17, 15) is 9.18 Å². The number of Topliss-reactive ketones (excluding diaryl/α,β-unsaturated/α-hetero) is 1. The van der Waals surface area contributed by atoms with Gasteiger partial charge >= 0.3 is 0 Å². The SMILES string of the molecule is CC(C)c1cc(Br)ccc1OCC(=O)c1ccc(F)cc1. The maximum Gasteiger partial charge on any atom is 0.200 e. The standard InChI is InChI=1S/C17H16BrFO2/c1-11(2)15-9-13(18)5-8-17(15)21-10-16(20)12-3-6-14(19)7-4-12/h3-9,11H,10H2,1-2H3. The number of rotatable bonds is 5. The average Bonchev–Trinajstić information content (AvgIpc) is 2.46. The molecule has 0 unspecified atom stereocenters. The molecule has 0 fully saturated rings. The van der Waals surface area contributed by atoms with E-state index in [1.807, 2.05) is 18.2 Å². The Kier molecular flexibility index (Phi) is 5.12. The monoisotopic (exact) mass is 350 g/mol. The Balaban J connectivity index is 2.09. The molecule has 2 aromatic carbocycles. The van der Waals surface area contributed by atoms with Crippen molar-refractivity contribution in [3.8, 4) is 5.75 Å². The smallest absolute Gasteiger partial charge is 0.200 e. The minimum atomic E-state index is -0.359. The zero-order valence-corrected chi connectivity index (χ0v) is 13.5. The number of carbonyl (C=O) groups excluding carboxylic acids is 1. The van der Waals surface area contributed by atoms with Crippen molar-refractivity contribution in [1.29, 1.82) is 0 Å². The van der Waals surface area contributed by atoms with E-state index in [2.05, 4.69) is 29.8 Å². The lowest BCUT2D eigenvalue weighted by Crippen LogP contribution is -2.12. The van der Waals surface area contributed by atoms with Gasteiger partial charge in [-0.3, -0.25) is 4.79 Å². The zero-order valence-electron chi connectivity index (χ0n) is 11.9. The highest BCUT2D eigenvalue weighted by molar-refractivity contribution is 9.10. The quantitative estimate of drug-likeness (QED) is 0.711. The molecule has 0 atom stereocenters. The van der Waals surface area contributed by atoms with Crippen LogP contribution in [0.1, 0.15) is 35.7 Å². The van der Waals surface area contributed by atoms with Crippen LogP contribution in [-0.2, 0) is 0 Å². The third-order valence-corrected chi connectivity index (χ3v) is 3.61. The van der Waals surface area contributed by atoms with E-state index in [1.165, 1.54) is 24.3 Å². The summed E-state index contributed by atoms with van der Waals surface area (Å²) in [6.07, 6.45) is 0. The Morgan fingerprint density at radius 1 is 1.19 bits per heavy atom. The van der Waals surface area contributed by atoms with Crippen LogP contribution in [0, 0.1) is 5.82 Å². The molecule has 0 aliphatic carbocycles. The Bertz CT molecular complexity index is 636. The lowest BCUT2D eigenvalue weighted by atomic mass is 10.0. The second kappa shape index (κ2) is 6.85. The topological polar surface area (TPSA) is 26.3 Å². The summed E-state index contributed by atoms with van der Waals surface area (Å²) in [4.78, 5) is 12.0. The fraction of sp³-hybridized carbons (Fsp3) is 0.235. The van der Waals surface area contributed by atoms with Crippen LogP contribution in [0.25, 0.3) is 0 Å². The fourth-order valence-electron chi connectivity index (χ4n) is 1.96. The van der Waals surface area contributed by atoms with E-state index in [0.717, 1.165) is 10.0 Å². The molecular weight excluding hydrogens is 335 g/mol. The lowest BCUT2D eigenvalue weighted by molar-refractivity contribution is 0.0920. The van der Waals surface area contributed by atoms with Gasteiger partial charge in [0, 0.05) is 10.0 Å². The number of halogens is 2. The second-order valence-corrected chi connectivity index (χ2v) is 5.97. The van der Waals surface area contributed by atoms with Gasteiger partial charge in [0.15, 0.2) is 12.4 Å². The number of ether oxygens (including phenoxy) is 1. The third kappa shape index (κ3) is 4.14. The van der Waals surface area contributed by atoms with Crippen LogP contribution >= 0.6 is 15.9 Å². The number of ketones is 1. The molecule has 21 heavy (non-hydrogen) atoms. The van der Waals surface area contributed by atoms with Crippen molar-refractivity contribution in [2.45, 2.75) is 19.8 Å². The highest BCUT2D eigenvalue weighted by Crippen LogP contribution is 2.29. The van der Waals surface area contributed by atoms with Crippen LogP contribution in [-0.4, -0.2) is 12.4 Å². The number of hydrogen-bond donors (Lipinski definition) is 0. The molecule has 0 saturated carbocycles. The highest BCUT2D eigenvalue weighted by atomic mass is 79.9. The third-order valence-electron chi connectivity index (χ3n) is 3.12. The van der Waals surface area contributed by atoms with Gasteiger partial charge in [-0.2, -0.15) is 0 Å². The van der Waals surface area contributed by atoms with Gasteiger partial charge in [-0.1, -0.05) is 29.8 Å². The van der Waals surface area contributed by atoms with Crippen LogP contribution in [0.4, 0.5) is 4.39 Å². The van der Waals surface area contributed by atoms with Crippen molar-refractivity contribution in [2.24, 2.45) is 0 Å². The average molecular weight is 351 g/mol.